The summed E-state index contributed by atoms with van der Waals surface area (Å²) >= 11 is 0. The van der Waals surface area contributed by atoms with Gasteiger partial charge in [0, 0.05) is 19.3 Å². The van der Waals surface area contributed by atoms with Crippen molar-refractivity contribution in [2.75, 3.05) is 41.0 Å². The molecule has 1 N–H and O–H groups in total. The normalized spacial score (nSPS) is 13.8. The van der Waals surface area contributed by atoms with Crippen LogP contribution in [0.2, 0.25) is 0 Å². The average Bonchev–Trinajstić information content (AvgIpc) is 3.26. The van der Waals surface area contributed by atoms with E-state index in [4.69, 9.17) is 14.2 Å². The van der Waals surface area contributed by atoms with E-state index in [0.717, 1.165) is 83.5 Å². The molecule has 2 unspecified atom stereocenters. The van der Waals surface area contributed by atoms with Gasteiger partial charge in [-0.05, 0) is 89.9 Å². The number of esters is 2. The number of carboxylic acids is 1. The molecule has 2 atom stereocenters. The number of carboxylic acid groups (broad SMARTS) is 1. The van der Waals surface area contributed by atoms with E-state index in [0.29, 0.717) is 19.3 Å². The Morgan fingerprint density at radius 1 is 0.469 bits per heavy atom. The molecule has 0 aliphatic heterocycles. The fourth-order valence-electron chi connectivity index (χ4n) is 6.65. The Hall–Kier alpha value is -4.01. The highest BCUT2D eigenvalue weighted by Crippen LogP contribution is 2.14. The van der Waals surface area contributed by atoms with Crippen molar-refractivity contribution < 1.29 is 38.2 Å². The lowest BCUT2D eigenvalue weighted by Gasteiger charge is -2.31. The second-order valence-electron chi connectivity index (χ2n) is 17.3. The standard InChI is InChI=1S/C56H91NO7/c1-6-8-10-12-14-16-18-20-22-24-26-28-30-32-34-36-38-40-42-44-46-54(58)63-51-52(50-62-49-48-53(56(60)61)57(3,4)5)64-55(59)47-45-43-41-39-37-35-33-31-29-27-25-23-21-19-17-15-13-11-9-7-2/h8-11,14-17,20-23,26,28,32,34,38,40,52-53H,6-7,12-13,18-19,24-25,27,29-31,33,35-37,39,41-51H2,1-5H3/p+1/b10-8+,11-9+,16-14+,17-15+,22-20+,23-21+,28-26+,34-32+,40-38+. The highest BCUT2D eigenvalue weighted by molar-refractivity contribution is 5.72. The predicted octanol–water partition coefficient (Wildman–Crippen LogP) is 14.4. The number of carbonyl (C=O) groups excluding carboxylic acids is 2. The van der Waals surface area contributed by atoms with E-state index in [9.17, 15) is 19.5 Å². The Morgan fingerprint density at radius 2 is 0.844 bits per heavy atom. The second kappa shape index (κ2) is 45.6. The van der Waals surface area contributed by atoms with Crippen LogP contribution in [-0.4, -0.2) is 80.6 Å². The molecule has 0 bridgehead atoms. The van der Waals surface area contributed by atoms with E-state index in [1.807, 2.05) is 21.1 Å². The van der Waals surface area contributed by atoms with Crippen molar-refractivity contribution >= 4 is 17.9 Å². The third kappa shape index (κ3) is 43.3. The summed E-state index contributed by atoms with van der Waals surface area (Å²) in [6.07, 6.45) is 62.9. The summed E-state index contributed by atoms with van der Waals surface area (Å²) < 4.78 is 17.3. The van der Waals surface area contributed by atoms with Crippen molar-refractivity contribution in [3.8, 4) is 0 Å². The number of quaternary nitrogens is 1. The molecule has 0 fully saturated rings. The molecule has 0 saturated carbocycles. The van der Waals surface area contributed by atoms with Crippen LogP contribution < -0.4 is 0 Å². The first-order valence-corrected chi connectivity index (χ1v) is 24.9. The first-order chi connectivity index (χ1) is 31.1. The molecule has 0 amide bonds. The summed E-state index contributed by atoms with van der Waals surface area (Å²) in [6.45, 7) is 4.44. The van der Waals surface area contributed by atoms with E-state index in [2.05, 4.69) is 123 Å². The van der Waals surface area contributed by atoms with E-state index >= 15 is 0 Å². The Morgan fingerprint density at radius 3 is 1.27 bits per heavy atom. The summed E-state index contributed by atoms with van der Waals surface area (Å²) in [5.41, 5.74) is 0. The van der Waals surface area contributed by atoms with Crippen LogP contribution >= 0.6 is 0 Å². The van der Waals surface area contributed by atoms with Crippen molar-refractivity contribution in [1.82, 2.24) is 0 Å². The van der Waals surface area contributed by atoms with Crippen molar-refractivity contribution in [3.63, 3.8) is 0 Å². The average molecular weight is 891 g/mol. The fraction of sp³-hybridized carbons (Fsp3) is 0.625. The maximum atomic E-state index is 12.8. The minimum absolute atomic E-state index is 0.0345. The van der Waals surface area contributed by atoms with Crippen molar-refractivity contribution in [2.45, 2.75) is 187 Å². The molecule has 0 aromatic heterocycles. The number of allylic oxidation sites excluding steroid dienone is 18. The van der Waals surface area contributed by atoms with Crippen LogP contribution in [-0.2, 0) is 28.6 Å². The topological polar surface area (TPSA) is 99.1 Å². The molecule has 8 heteroatoms. The third-order valence-electron chi connectivity index (χ3n) is 10.4. The third-order valence-corrected chi connectivity index (χ3v) is 10.4. The summed E-state index contributed by atoms with van der Waals surface area (Å²) in [7, 11) is 5.50. The largest absolute Gasteiger partial charge is 0.477 e. The van der Waals surface area contributed by atoms with E-state index in [1.165, 1.54) is 51.4 Å². The molecular weight excluding hydrogens is 799 g/mol. The SMILES string of the molecule is CC/C=C/C/C=C/C/C=C/C/C=C/C/C=C/C/C=C/CCCC(=O)OCC(COCCC(C(=O)O)[N+](C)(C)C)OC(=O)CCCCCCCCCCCC/C=C/C/C=C/C/C=C/CC. The summed E-state index contributed by atoms with van der Waals surface area (Å²) in [4.78, 5) is 37.1. The molecule has 0 aromatic carbocycles. The van der Waals surface area contributed by atoms with Crippen LogP contribution in [0.5, 0.6) is 0 Å². The molecule has 0 saturated heterocycles. The first-order valence-electron chi connectivity index (χ1n) is 24.9. The summed E-state index contributed by atoms with van der Waals surface area (Å²) in [5.74, 6) is -1.56. The van der Waals surface area contributed by atoms with Gasteiger partial charge in [-0.1, -0.05) is 175 Å². The summed E-state index contributed by atoms with van der Waals surface area (Å²) in [6, 6.07) is -0.631. The number of aliphatic carboxylic acids is 1. The number of hydrogen-bond donors (Lipinski definition) is 1. The quantitative estimate of drug-likeness (QED) is 0.0282. The number of carbonyl (C=O) groups is 3. The van der Waals surface area contributed by atoms with Gasteiger partial charge in [0.25, 0.3) is 0 Å². The zero-order valence-electron chi connectivity index (χ0n) is 41.2. The Kier molecular flexibility index (Phi) is 42.7. The second-order valence-corrected chi connectivity index (χ2v) is 17.3. The molecule has 0 heterocycles. The molecule has 362 valence electrons. The van der Waals surface area contributed by atoms with E-state index in [1.54, 1.807) is 0 Å². The number of rotatable bonds is 43. The van der Waals surface area contributed by atoms with Crippen LogP contribution in [0.25, 0.3) is 0 Å². The van der Waals surface area contributed by atoms with Crippen LogP contribution in [0.4, 0.5) is 0 Å². The number of hydrogen-bond acceptors (Lipinski definition) is 6. The van der Waals surface area contributed by atoms with Crippen LogP contribution in [0.15, 0.2) is 109 Å². The molecule has 0 aliphatic rings. The van der Waals surface area contributed by atoms with Gasteiger partial charge in [-0.2, -0.15) is 0 Å². The predicted molar refractivity (Wildman–Crippen MR) is 270 cm³/mol. The molecule has 8 nitrogen and oxygen atoms in total. The maximum absolute atomic E-state index is 12.8. The molecule has 0 radical (unpaired) electrons. The van der Waals surface area contributed by atoms with Crippen molar-refractivity contribution in [1.29, 1.82) is 0 Å². The highest BCUT2D eigenvalue weighted by Gasteiger charge is 2.31. The number of ether oxygens (including phenoxy) is 3. The van der Waals surface area contributed by atoms with Crippen molar-refractivity contribution in [2.24, 2.45) is 0 Å². The lowest BCUT2D eigenvalue weighted by Crippen LogP contribution is -2.50. The maximum Gasteiger partial charge on any atom is 0.362 e. The van der Waals surface area contributed by atoms with E-state index < -0.39 is 18.1 Å². The minimum atomic E-state index is -0.887. The molecule has 0 rings (SSSR count). The zero-order valence-corrected chi connectivity index (χ0v) is 41.2. The molecule has 64 heavy (non-hydrogen) atoms. The first kappa shape index (κ1) is 60.0. The Balaban J connectivity index is 4.39. The van der Waals surface area contributed by atoms with Crippen LogP contribution in [0, 0.1) is 0 Å². The summed E-state index contributed by atoms with van der Waals surface area (Å²) in [5, 5.41) is 9.65. The molecular formula is C56H92NO7+. The van der Waals surface area contributed by atoms with Crippen LogP contribution in [0.3, 0.4) is 0 Å². The lowest BCUT2D eigenvalue weighted by molar-refractivity contribution is -0.887. The van der Waals surface area contributed by atoms with Gasteiger partial charge >= 0.3 is 17.9 Å². The fourth-order valence-corrected chi connectivity index (χ4v) is 6.65. The van der Waals surface area contributed by atoms with Gasteiger partial charge in [0.2, 0.25) is 0 Å². The van der Waals surface area contributed by atoms with Crippen molar-refractivity contribution in [3.05, 3.63) is 109 Å². The van der Waals surface area contributed by atoms with Gasteiger partial charge in [0.1, 0.15) is 6.61 Å². The van der Waals surface area contributed by atoms with Gasteiger partial charge in [0.15, 0.2) is 12.1 Å². The van der Waals surface area contributed by atoms with Gasteiger partial charge in [-0.15, -0.1) is 0 Å². The smallest absolute Gasteiger partial charge is 0.362 e. The van der Waals surface area contributed by atoms with Gasteiger partial charge < -0.3 is 23.8 Å². The minimum Gasteiger partial charge on any atom is -0.477 e. The number of unbranched alkanes of at least 4 members (excludes halogenated alkanes) is 11. The highest BCUT2D eigenvalue weighted by atomic mass is 16.6. The van der Waals surface area contributed by atoms with Crippen LogP contribution in [0.1, 0.15) is 174 Å². The van der Waals surface area contributed by atoms with Gasteiger partial charge in [-0.3, -0.25) is 9.59 Å². The Bertz CT molecular complexity index is 1410. The monoisotopic (exact) mass is 891 g/mol. The number of nitrogens with zero attached hydrogens (tertiary/aromatic N) is 1. The van der Waals surface area contributed by atoms with Gasteiger partial charge in [-0.25, -0.2) is 4.79 Å². The Labute approximate surface area is 391 Å². The molecule has 0 spiro atoms. The number of likely N-dealkylation sites (N-methyl/N-ethyl adjacent to an activating group) is 1. The molecule has 0 aliphatic carbocycles. The van der Waals surface area contributed by atoms with E-state index in [-0.39, 0.29) is 42.7 Å². The lowest BCUT2D eigenvalue weighted by atomic mass is 10.0. The van der Waals surface area contributed by atoms with Gasteiger partial charge in [0.05, 0.1) is 34.4 Å². The zero-order chi connectivity index (χ0) is 47.0. The molecule has 0 aromatic rings.